The summed E-state index contributed by atoms with van der Waals surface area (Å²) in [5.41, 5.74) is 1.13. The van der Waals surface area contributed by atoms with Crippen molar-refractivity contribution < 1.29 is 19.1 Å². The first-order valence-corrected chi connectivity index (χ1v) is 12.1. The number of methoxy groups -OCH3 is 1. The summed E-state index contributed by atoms with van der Waals surface area (Å²) in [6, 6.07) is 11.6. The van der Waals surface area contributed by atoms with Crippen LogP contribution in [0.2, 0.25) is 0 Å². The zero-order valence-electron chi connectivity index (χ0n) is 18.5. The molecular formula is C24H31N3O4S. The van der Waals surface area contributed by atoms with Crippen molar-refractivity contribution in [3.8, 4) is 5.75 Å². The van der Waals surface area contributed by atoms with Crippen LogP contribution < -0.4 is 10.1 Å². The second kappa shape index (κ2) is 10.9. The van der Waals surface area contributed by atoms with Crippen LogP contribution in [0.4, 0.5) is 0 Å². The molecule has 2 atom stereocenters. The minimum Gasteiger partial charge on any atom is -0.497 e. The van der Waals surface area contributed by atoms with Crippen LogP contribution >= 0.6 is 11.3 Å². The second-order valence-corrected chi connectivity index (χ2v) is 9.22. The molecule has 2 amide bonds. The summed E-state index contributed by atoms with van der Waals surface area (Å²) in [6.45, 7) is 4.16. The van der Waals surface area contributed by atoms with Gasteiger partial charge in [-0.3, -0.25) is 14.5 Å². The molecular weight excluding hydrogens is 426 g/mol. The van der Waals surface area contributed by atoms with Crippen molar-refractivity contribution in [1.29, 1.82) is 0 Å². The van der Waals surface area contributed by atoms with Crippen molar-refractivity contribution in [1.82, 2.24) is 15.1 Å². The largest absolute Gasteiger partial charge is 0.497 e. The quantitative estimate of drug-likeness (QED) is 0.660. The van der Waals surface area contributed by atoms with Gasteiger partial charge in [-0.1, -0.05) is 18.2 Å². The van der Waals surface area contributed by atoms with Crippen LogP contribution in [0.5, 0.6) is 5.75 Å². The van der Waals surface area contributed by atoms with Gasteiger partial charge in [0, 0.05) is 31.1 Å². The molecule has 7 nitrogen and oxygen atoms in total. The Bertz CT molecular complexity index is 881. The summed E-state index contributed by atoms with van der Waals surface area (Å²) in [5, 5.41) is 5.12. The Morgan fingerprint density at radius 3 is 2.66 bits per heavy atom. The van der Waals surface area contributed by atoms with E-state index in [0.29, 0.717) is 39.1 Å². The van der Waals surface area contributed by atoms with Gasteiger partial charge in [0.25, 0.3) is 0 Å². The fourth-order valence-corrected chi connectivity index (χ4v) is 5.19. The topological polar surface area (TPSA) is 71.1 Å². The van der Waals surface area contributed by atoms with E-state index in [-0.39, 0.29) is 23.9 Å². The summed E-state index contributed by atoms with van der Waals surface area (Å²) in [7, 11) is 1.65. The molecule has 2 saturated heterocycles. The molecule has 0 aliphatic carbocycles. The van der Waals surface area contributed by atoms with Gasteiger partial charge in [-0.05, 0) is 42.0 Å². The highest BCUT2D eigenvalue weighted by Gasteiger charge is 2.34. The number of nitrogens with zero attached hydrogens (tertiary/aromatic N) is 2. The van der Waals surface area contributed by atoms with Gasteiger partial charge in [0.2, 0.25) is 11.8 Å². The lowest BCUT2D eigenvalue weighted by Gasteiger charge is -2.35. The summed E-state index contributed by atoms with van der Waals surface area (Å²) in [5.74, 6) is 0.781. The minimum atomic E-state index is -0.385. The van der Waals surface area contributed by atoms with Crippen molar-refractivity contribution in [2.24, 2.45) is 0 Å². The van der Waals surface area contributed by atoms with Gasteiger partial charge in [-0.15, -0.1) is 11.3 Å². The average molecular weight is 458 g/mol. The SMILES string of the molecule is COc1ccc(C(CNC(=O)C2CCCN2C(=O)Cc2cccs2)N2CCOCC2)cc1. The molecule has 0 spiro atoms. The second-order valence-electron chi connectivity index (χ2n) is 8.18. The Balaban J connectivity index is 1.40. The minimum absolute atomic E-state index is 0.0324. The van der Waals surface area contributed by atoms with Crippen LogP contribution in [0.15, 0.2) is 41.8 Å². The predicted octanol–water partition coefficient (Wildman–Crippen LogP) is 2.48. The molecule has 172 valence electrons. The first-order chi connectivity index (χ1) is 15.7. The number of carbonyl (C=O) groups is 2. The molecule has 8 heteroatoms. The standard InChI is InChI=1S/C24H31N3O4S/c1-30-19-8-6-18(7-9-19)22(26-11-13-31-14-12-26)17-25-24(29)21-5-2-10-27(21)23(28)16-20-4-3-15-32-20/h3-4,6-9,15,21-22H,2,5,10-14,16-17H2,1H3,(H,25,29). The number of carbonyl (C=O) groups excluding carboxylic acids is 2. The molecule has 2 fully saturated rings. The molecule has 1 aromatic carbocycles. The number of rotatable bonds is 8. The van der Waals surface area contributed by atoms with Crippen LogP contribution in [-0.4, -0.2) is 74.2 Å². The first-order valence-electron chi connectivity index (χ1n) is 11.2. The van der Waals surface area contributed by atoms with Crippen molar-refractivity contribution in [2.75, 3.05) is 46.5 Å². The zero-order chi connectivity index (χ0) is 22.3. The van der Waals surface area contributed by atoms with E-state index in [0.717, 1.165) is 35.7 Å². The molecule has 32 heavy (non-hydrogen) atoms. The van der Waals surface area contributed by atoms with Crippen molar-refractivity contribution in [3.05, 3.63) is 52.2 Å². The van der Waals surface area contributed by atoms with Gasteiger partial charge in [0.15, 0.2) is 0 Å². The van der Waals surface area contributed by atoms with Crippen molar-refractivity contribution in [2.45, 2.75) is 31.3 Å². The van der Waals surface area contributed by atoms with Crippen LogP contribution in [0.1, 0.15) is 29.3 Å². The zero-order valence-corrected chi connectivity index (χ0v) is 19.3. The molecule has 2 aliphatic rings. The molecule has 0 bridgehead atoms. The van der Waals surface area contributed by atoms with Gasteiger partial charge in [-0.2, -0.15) is 0 Å². The van der Waals surface area contributed by atoms with Gasteiger partial charge < -0.3 is 19.7 Å². The number of thiophene rings is 1. The van der Waals surface area contributed by atoms with E-state index in [1.54, 1.807) is 23.3 Å². The number of morpholine rings is 1. The highest BCUT2D eigenvalue weighted by atomic mass is 32.1. The summed E-state index contributed by atoms with van der Waals surface area (Å²) >= 11 is 1.58. The predicted molar refractivity (Wildman–Crippen MR) is 124 cm³/mol. The Hall–Kier alpha value is -2.42. The first kappa shape index (κ1) is 22.8. The lowest BCUT2D eigenvalue weighted by Crippen LogP contribution is -2.49. The Morgan fingerprint density at radius 1 is 1.19 bits per heavy atom. The molecule has 1 aromatic heterocycles. The van der Waals surface area contributed by atoms with E-state index < -0.39 is 0 Å². The summed E-state index contributed by atoms with van der Waals surface area (Å²) in [6.07, 6.45) is 1.94. The van der Waals surface area contributed by atoms with Crippen LogP contribution in [0, 0.1) is 0 Å². The maximum Gasteiger partial charge on any atom is 0.242 e. The van der Waals surface area contributed by atoms with Crippen molar-refractivity contribution >= 4 is 23.2 Å². The Morgan fingerprint density at radius 2 is 1.97 bits per heavy atom. The third-order valence-electron chi connectivity index (χ3n) is 6.24. The molecule has 2 unspecified atom stereocenters. The highest BCUT2D eigenvalue weighted by Crippen LogP contribution is 2.25. The highest BCUT2D eigenvalue weighted by molar-refractivity contribution is 7.10. The van der Waals surface area contributed by atoms with Gasteiger partial charge >= 0.3 is 0 Å². The molecule has 1 N–H and O–H groups in total. The number of hydrogen-bond donors (Lipinski definition) is 1. The number of amides is 2. The van der Waals surface area contributed by atoms with E-state index in [9.17, 15) is 9.59 Å². The van der Waals surface area contributed by atoms with Crippen LogP contribution in [0.3, 0.4) is 0 Å². The number of nitrogens with one attached hydrogen (secondary N) is 1. The summed E-state index contributed by atoms with van der Waals surface area (Å²) in [4.78, 5) is 31.1. The Kier molecular flexibility index (Phi) is 7.78. The average Bonchev–Trinajstić information content (AvgIpc) is 3.52. The van der Waals surface area contributed by atoms with Crippen molar-refractivity contribution in [3.63, 3.8) is 0 Å². The number of hydrogen-bond acceptors (Lipinski definition) is 6. The molecule has 2 aromatic rings. The van der Waals surface area contributed by atoms with E-state index in [4.69, 9.17) is 9.47 Å². The van der Waals surface area contributed by atoms with Crippen LogP contribution in [-0.2, 0) is 20.7 Å². The molecule has 2 aliphatic heterocycles. The van der Waals surface area contributed by atoms with Gasteiger partial charge in [0.05, 0.1) is 32.8 Å². The maximum atomic E-state index is 13.1. The lowest BCUT2D eigenvalue weighted by molar-refractivity contribution is -0.138. The fraction of sp³-hybridized carbons (Fsp3) is 0.500. The lowest BCUT2D eigenvalue weighted by atomic mass is 10.0. The van der Waals surface area contributed by atoms with E-state index >= 15 is 0 Å². The summed E-state index contributed by atoms with van der Waals surface area (Å²) < 4.78 is 10.8. The third kappa shape index (κ3) is 5.49. The van der Waals surface area contributed by atoms with Crippen LogP contribution in [0.25, 0.3) is 0 Å². The molecule has 0 saturated carbocycles. The maximum absolute atomic E-state index is 13.1. The number of ether oxygens (including phenoxy) is 2. The third-order valence-corrected chi connectivity index (χ3v) is 7.11. The number of likely N-dealkylation sites (tertiary alicyclic amines) is 1. The normalized spacial score (nSPS) is 20.2. The number of benzene rings is 1. The van der Waals surface area contributed by atoms with E-state index in [2.05, 4.69) is 22.3 Å². The smallest absolute Gasteiger partial charge is 0.242 e. The van der Waals surface area contributed by atoms with Gasteiger partial charge in [0.1, 0.15) is 11.8 Å². The fourth-order valence-electron chi connectivity index (χ4n) is 4.49. The Labute approximate surface area is 193 Å². The molecule has 3 heterocycles. The monoisotopic (exact) mass is 457 g/mol. The van der Waals surface area contributed by atoms with Gasteiger partial charge in [-0.25, -0.2) is 0 Å². The molecule has 0 radical (unpaired) electrons. The van der Waals surface area contributed by atoms with E-state index in [1.165, 1.54) is 0 Å². The molecule has 4 rings (SSSR count). The van der Waals surface area contributed by atoms with E-state index in [1.807, 2.05) is 29.6 Å².